The predicted octanol–water partition coefficient (Wildman–Crippen LogP) is 4.40. The molecule has 0 atom stereocenters. The van der Waals surface area contributed by atoms with E-state index in [-0.39, 0.29) is 23.4 Å². The molecule has 0 radical (unpaired) electrons. The number of benzene rings is 2. The Morgan fingerprint density at radius 1 is 1.03 bits per heavy atom. The fourth-order valence-electron chi connectivity index (χ4n) is 5.07. The van der Waals surface area contributed by atoms with Gasteiger partial charge < -0.3 is 24.8 Å². The largest absolute Gasteiger partial charge is 0.486 e. The van der Waals surface area contributed by atoms with Crippen LogP contribution in [0.15, 0.2) is 36.5 Å². The summed E-state index contributed by atoms with van der Waals surface area (Å²) in [5.41, 5.74) is 2.59. The lowest BCUT2D eigenvalue weighted by atomic mass is 10.1. The van der Waals surface area contributed by atoms with Crippen molar-refractivity contribution in [3.8, 4) is 17.0 Å². The van der Waals surface area contributed by atoms with E-state index in [0.717, 1.165) is 54.8 Å². The second-order valence-electron chi connectivity index (χ2n) is 10.1. The Kier molecular flexibility index (Phi) is 6.22. The third-order valence-electron chi connectivity index (χ3n) is 7.15. The minimum atomic E-state index is -0.634. The fraction of sp³-hybridized carbons (Fsp3) is 0.370. The van der Waals surface area contributed by atoms with Crippen LogP contribution in [0.4, 0.5) is 31.9 Å². The highest BCUT2D eigenvalue weighted by molar-refractivity contribution is 5.93. The van der Waals surface area contributed by atoms with E-state index in [0.29, 0.717) is 24.4 Å². The van der Waals surface area contributed by atoms with Crippen molar-refractivity contribution in [3.05, 3.63) is 48.2 Å². The van der Waals surface area contributed by atoms with Crippen LogP contribution in [-0.2, 0) is 0 Å². The molecule has 2 aromatic heterocycles. The lowest BCUT2D eigenvalue weighted by Gasteiger charge is -2.34. The highest BCUT2D eigenvalue weighted by atomic mass is 19.1. The standard InChI is InChI=1S/C27H30F2N8O/c1-16(2)37-10-11-38-25-20(28)12-17(13-23(25)37)24-21(29)15-30-27(32-24)31-18-4-5-22-19(14-18)26(34-33-22)36-8-6-35(3)7-9-36/h4-5,12-16H,6-11H2,1-3H3,(H,33,34)(H,30,31,32). The summed E-state index contributed by atoms with van der Waals surface area (Å²) >= 11 is 0. The molecule has 4 heterocycles. The molecule has 1 saturated heterocycles. The molecule has 2 aromatic carbocycles. The number of aromatic nitrogens is 4. The molecule has 0 unspecified atom stereocenters. The lowest BCUT2D eigenvalue weighted by molar-refractivity contribution is 0.287. The number of rotatable bonds is 5. The van der Waals surface area contributed by atoms with Crippen molar-refractivity contribution in [1.82, 2.24) is 25.1 Å². The predicted molar refractivity (Wildman–Crippen MR) is 144 cm³/mol. The fourth-order valence-corrected chi connectivity index (χ4v) is 5.07. The van der Waals surface area contributed by atoms with Crippen molar-refractivity contribution >= 4 is 34.0 Å². The van der Waals surface area contributed by atoms with Gasteiger partial charge >= 0.3 is 0 Å². The average molecular weight is 521 g/mol. The van der Waals surface area contributed by atoms with E-state index in [1.807, 2.05) is 36.9 Å². The summed E-state index contributed by atoms with van der Waals surface area (Å²) in [7, 11) is 2.12. The quantitative estimate of drug-likeness (QED) is 0.401. The molecule has 11 heteroatoms. The summed E-state index contributed by atoms with van der Waals surface area (Å²) in [4.78, 5) is 15.2. The van der Waals surface area contributed by atoms with Crippen molar-refractivity contribution < 1.29 is 13.5 Å². The molecule has 4 aromatic rings. The monoisotopic (exact) mass is 520 g/mol. The van der Waals surface area contributed by atoms with Gasteiger partial charge in [-0.15, -0.1) is 0 Å². The molecule has 0 bridgehead atoms. The topological polar surface area (TPSA) is 85.4 Å². The van der Waals surface area contributed by atoms with Crippen molar-refractivity contribution in [1.29, 1.82) is 0 Å². The molecule has 0 saturated carbocycles. The molecular formula is C27H30F2N8O. The zero-order valence-corrected chi connectivity index (χ0v) is 21.6. The van der Waals surface area contributed by atoms with E-state index in [1.165, 1.54) is 6.07 Å². The summed E-state index contributed by atoms with van der Waals surface area (Å²) in [5, 5.41) is 11.8. The van der Waals surface area contributed by atoms with Crippen molar-refractivity contribution in [2.45, 2.75) is 19.9 Å². The third kappa shape index (κ3) is 4.47. The molecule has 0 amide bonds. The van der Waals surface area contributed by atoms with Crippen LogP contribution in [0.2, 0.25) is 0 Å². The number of piperazine rings is 1. The first-order chi connectivity index (χ1) is 18.4. The van der Waals surface area contributed by atoms with E-state index in [1.54, 1.807) is 6.07 Å². The summed E-state index contributed by atoms with van der Waals surface area (Å²) in [6, 6.07) is 8.93. The van der Waals surface area contributed by atoms with E-state index in [4.69, 9.17) is 4.74 Å². The highest BCUT2D eigenvalue weighted by Gasteiger charge is 2.26. The Morgan fingerprint density at radius 2 is 1.84 bits per heavy atom. The minimum absolute atomic E-state index is 0.0148. The first-order valence-corrected chi connectivity index (χ1v) is 12.8. The summed E-state index contributed by atoms with van der Waals surface area (Å²) < 4.78 is 35.5. The Morgan fingerprint density at radius 3 is 2.63 bits per heavy atom. The minimum Gasteiger partial charge on any atom is -0.486 e. The normalized spacial score (nSPS) is 16.2. The number of nitrogens with one attached hydrogen (secondary N) is 2. The third-order valence-corrected chi connectivity index (χ3v) is 7.15. The number of ether oxygens (including phenoxy) is 1. The second-order valence-corrected chi connectivity index (χ2v) is 10.1. The summed E-state index contributed by atoms with van der Waals surface area (Å²) in [6.07, 6.45) is 1.10. The molecule has 198 valence electrons. The Bertz CT molecular complexity index is 1480. The van der Waals surface area contributed by atoms with E-state index < -0.39 is 11.6 Å². The Labute approximate surface area is 219 Å². The number of H-pyrrole nitrogens is 1. The first-order valence-electron chi connectivity index (χ1n) is 12.8. The van der Waals surface area contributed by atoms with Crippen molar-refractivity contribution in [2.75, 3.05) is 61.5 Å². The lowest BCUT2D eigenvalue weighted by Crippen LogP contribution is -2.44. The highest BCUT2D eigenvalue weighted by Crippen LogP contribution is 2.39. The SMILES string of the molecule is CC(C)N1CCOc2c(F)cc(-c3nc(Nc4ccc5[nH]nc(N6CCN(C)CC6)c5c4)ncc3F)cc21. The van der Waals surface area contributed by atoms with Gasteiger partial charge in [-0.05, 0) is 51.2 Å². The zero-order chi connectivity index (χ0) is 26.4. The van der Waals surface area contributed by atoms with Gasteiger partial charge in [0, 0.05) is 48.9 Å². The van der Waals surface area contributed by atoms with Gasteiger partial charge in [0.25, 0.3) is 0 Å². The molecular weight excluding hydrogens is 490 g/mol. The number of fused-ring (bicyclic) bond motifs is 2. The van der Waals surface area contributed by atoms with Crippen LogP contribution in [0.5, 0.6) is 5.75 Å². The van der Waals surface area contributed by atoms with Gasteiger partial charge in [-0.25, -0.2) is 18.7 Å². The summed E-state index contributed by atoms with van der Waals surface area (Å²) in [6.45, 7) is 8.82. The average Bonchev–Trinajstić information content (AvgIpc) is 3.33. The molecule has 1 fully saturated rings. The van der Waals surface area contributed by atoms with Gasteiger partial charge in [0.15, 0.2) is 23.2 Å². The van der Waals surface area contributed by atoms with E-state index >= 15 is 4.39 Å². The molecule has 0 aliphatic carbocycles. The number of hydrogen-bond acceptors (Lipinski definition) is 8. The molecule has 0 spiro atoms. The van der Waals surface area contributed by atoms with Crippen LogP contribution in [0.3, 0.4) is 0 Å². The molecule has 2 N–H and O–H groups in total. The number of halogens is 2. The van der Waals surface area contributed by atoms with Crippen LogP contribution < -0.4 is 19.9 Å². The van der Waals surface area contributed by atoms with Crippen LogP contribution in [0.1, 0.15) is 13.8 Å². The Hall–Kier alpha value is -3.99. The van der Waals surface area contributed by atoms with Gasteiger partial charge in [-0.2, -0.15) is 5.10 Å². The van der Waals surface area contributed by atoms with Gasteiger partial charge in [-0.3, -0.25) is 5.10 Å². The number of nitrogens with zero attached hydrogens (tertiary/aromatic N) is 6. The first kappa shape index (κ1) is 24.4. The smallest absolute Gasteiger partial charge is 0.227 e. The summed E-state index contributed by atoms with van der Waals surface area (Å²) in [5.74, 6) is 0.119. The number of likely N-dealkylation sites (N-methyl/N-ethyl adjacent to an activating group) is 1. The zero-order valence-electron chi connectivity index (χ0n) is 21.6. The number of aromatic amines is 1. The van der Waals surface area contributed by atoms with Crippen LogP contribution in [-0.4, -0.2) is 77.5 Å². The van der Waals surface area contributed by atoms with Gasteiger partial charge in [0.05, 0.1) is 23.9 Å². The second kappa shape index (κ2) is 9.71. The maximum Gasteiger partial charge on any atom is 0.227 e. The number of anilines is 4. The van der Waals surface area contributed by atoms with E-state index in [9.17, 15) is 4.39 Å². The van der Waals surface area contributed by atoms with Gasteiger partial charge in [-0.1, -0.05) is 0 Å². The van der Waals surface area contributed by atoms with E-state index in [2.05, 4.69) is 42.3 Å². The Balaban J connectivity index is 1.31. The van der Waals surface area contributed by atoms with Crippen LogP contribution in [0.25, 0.3) is 22.2 Å². The molecule has 6 rings (SSSR count). The van der Waals surface area contributed by atoms with Gasteiger partial charge in [0.1, 0.15) is 12.3 Å². The maximum atomic E-state index is 15.0. The van der Waals surface area contributed by atoms with Crippen molar-refractivity contribution in [3.63, 3.8) is 0 Å². The van der Waals surface area contributed by atoms with Crippen LogP contribution >= 0.6 is 0 Å². The molecule has 38 heavy (non-hydrogen) atoms. The van der Waals surface area contributed by atoms with Crippen LogP contribution in [0, 0.1) is 11.6 Å². The molecule has 2 aliphatic heterocycles. The number of hydrogen-bond donors (Lipinski definition) is 2. The molecule has 9 nitrogen and oxygen atoms in total. The molecule has 2 aliphatic rings. The van der Waals surface area contributed by atoms with Gasteiger partial charge in [0.2, 0.25) is 5.95 Å². The van der Waals surface area contributed by atoms with Crippen molar-refractivity contribution in [2.24, 2.45) is 0 Å². The maximum absolute atomic E-state index is 15.0.